The molecule has 1 saturated carbocycles. The maximum absolute atomic E-state index is 5.64. The van der Waals surface area contributed by atoms with E-state index in [0.29, 0.717) is 18.0 Å². The molecule has 2 heterocycles. The van der Waals surface area contributed by atoms with Crippen LogP contribution in [0.15, 0.2) is 0 Å². The lowest BCUT2D eigenvalue weighted by molar-refractivity contribution is 0.187. The van der Waals surface area contributed by atoms with Crippen LogP contribution in [0.25, 0.3) is 0 Å². The fraction of sp³-hybridized carbons (Fsp3) is 0.846. The minimum Gasteiger partial charge on any atom is -0.379 e. The Kier molecular flexibility index (Phi) is 3.35. The fourth-order valence-electron chi connectivity index (χ4n) is 2.76. The first-order chi connectivity index (χ1) is 8.81. The molecule has 1 N–H and O–H groups in total. The van der Waals surface area contributed by atoms with Crippen molar-refractivity contribution in [3.8, 4) is 0 Å². The van der Waals surface area contributed by atoms with E-state index in [1.54, 1.807) is 0 Å². The van der Waals surface area contributed by atoms with Gasteiger partial charge in [-0.2, -0.15) is 0 Å². The summed E-state index contributed by atoms with van der Waals surface area (Å²) in [6.07, 6.45) is 3.69. The Morgan fingerprint density at radius 2 is 2.17 bits per heavy atom. The Balaban J connectivity index is 1.80. The molecule has 0 bridgehead atoms. The molecule has 2 atom stereocenters. The van der Waals surface area contributed by atoms with E-state index in [1.165, 1.54) is 12.8 Å². The minimum absolute atomic E-state index is 0.360. The van der Waals surface area contributed by atoms with E-state index in [2.05, 4.69) is 33.9 Å². The molecule has 2 aliphatic rings. The number of hydrogen-bond donors (Lipinski definition) is 1. The zero-order chi connectivity index (χ0) is 12.5. The van der Waals surface area contributed by atoms with Gasteiger partial charge in [-0.15, -0.1) is 10.2 Å². The highest BCUT2D eigenvalue weighted by Gasteiger charge is 2.37. The molecule has 0 aromatic carbocycles. The summed E-state index contributed by atoms with van der Waals surface area (Å²) >= 11 is 0. The Hall–Kier alpha value is -0.940. The minimum atomic E-state index is 0.360. The molecule has 100 valence electrons. The Labute approximate surface area is 108 Å². The SMILES string of the molecule is CCCNC1COCC1c1nnc(C)n1C1CC1. The van der Waals surface area contributed by atoms with E-state index in [1.807, 2.05) is 0 Å². The average molecular weight is 250 g/mol. The molecule has 1 aromatic heterocycles. The first-order valence-electron chi connectivity index (χ1n) is 7.03. The van der Waals surface area contributed by atoms with Crippen molar-refractivity contribution in [2.24, 2.45) is 0 Å². The number of aromatic nitrogens is 3. The molecule has 0 spiro atoms. The number of ether oxygens (including phenoxy) is 1. The summed E-state index contributed by atoms with van der Waals surface area (Å²) < 4.78 is 7.98. The van der Waals surface area contributed by atoms with E-state index >= 15 is 0 Å². The largest absolute Gasteiger partial charge is 0.379 e. The van der Waals surface area contributed by atoms with E-state index in [0.717, 1.165) is 37.8 Å². The van der Waals surface area contributed by atoms with E-state index in [9.17, 15) is 0 Å². The second-order valence-corrected chi connectivity index (χ2v) is 5.41. The molecule has 18 heavy (non-hydrogen) atoms. The molecule has 5 nitrogen and oxygen atoms in total. The summed E-state index contributed by atoms with van der Waals surface area (Å²) in [5.41, 5.74) is 0. The molecule has 1 aliphatic heterocycles. The van der Waals surface area contributed by atoms with Gasteiger partial charge in [-0.25, -0.2) is 0 Å². The topological polar surface area (TPSA) is 52.0 Å². The molecular weight excluding hydrogens is 228 g/mol. The molecule has 3 rings (SSSR count). The van der Waals surface area contributed by atoms with Crippen LogP contribution in [-0.2, 0) is 4.74 Å². The zero-order valence-corrected chi connectivity index (χ0v) is 11.2. The highest BCUT2D eigenvalue weighted by atomic mass is 16.5. The third-order valence-electron chi connectivity index (χ3n) is 3.87. The van der Waals surface area contributed by atoms with Crippen molar-refractivity contribution in [3.63, 3.8) is 0 Å². The van der Waals surface area contributed by atoms with E-state index < -0.39 is 0 Å². The van der Waals surface area contributed by atoms with E-state index in [4.69, 9.17) is 4.74 Å². The zero-order valence-electron chi connectivity index (χ0n) is 11.2. The monoisotopic (exact) mass is 250 g/mol. The van der Waals surface area contributed by atoms with Crippen LogP contribution < -0.4 is 5.32 Å². The maximum atomic E-state index is 5.64. The second-order valence-electron chi connectivity index (χ2n) is 5.41. The molecule has 2 fully saturated rings. The molecule has 5 heteroatoms. The molecule has 1 aliphatic carbocycles. The molecular formula is C13H22N4O. The predicted octanol–water partition coefficient (Wildman–Crippen LogP) is 1.40. The number of nitrogens with one attached hydrogen (secondary N) is 1. The fourth-order valence-corrected chi connectivity index (χ4v) is 2.76. The first-order valence-corrected chi connectivity index (χ1v) is 7.03. The quantitative estimate of drug-likeness (QED) is 0.858. The normalized spacial score (nSPS) is 27.9. The van der Waals surface area contributed by atoms with Gasteiger partial charge < -0.3 is 14.6 Å². The highest BCUT2D eigenvalue weighted by molar-refractivity contribution is 5.11. The van der Waals surface area contributed by atoms with Crippen molar-refractivity contribution in [2.45, 2.75) is 51.1 Å². The summed E-state index contributed by atoms with van der Waals surface area (Å²) in [4.78, 5) is 0. The van der Waals surface area contributed by atoms with Crippen molar-refractivity contribution in [3.05, 3.63) is 11.6 Å². The first kappa shape index (κ1) is 12.1. The summed E-state index contributed by atoms with van der Waals surface area (Å²) in [6.45, 7) is 6.85. The molecule has 1 saturated heterocycles. The lowest BCUT2D eigenvalue weighted by Gasteiger charge is -2.19. The van der Waals surface area contributed by atoms with Gasteiger partial charge >= 0.3 is 0 Å². The van der Waals surface area contributed by atoms with Gasteiger partial charge in [0.25, 0.3) is 0 Å². The van der Waals surface area contributed by atoms with Crippen LogP contribution in [0.5, 0.6) is 0 Å². The van der Waals surface area contributed by atoms with Crippen molar-refractivity contribution >= 4 is 0 Å². The summed E-state index contributed by atoms with van der Waals surface area (Å²) in [7, 11) is 0. The molecule has 2 unspecified atom stereocenters. The Morgan fingerprint density at radius 3 is 2.89 bits per heavy atom. The third-order valence-corrected chi connectivity index (χ3v) is 3.87. The number of hydrogen-bond acceptors (Lipinski definition) is 4. The lowest BCUT2D eigenvalue weighted by Crippen LogP contribution is -2.36. The van der Waals surface area contributed by atoms with Crippen LogP contribution in [0.4, 0.5) is 0 Å². The van der Waals surface area contributed by atoms with Gasteiger partial charge in [0.15, 0.2) is 0 Å². The smallest absolute Gasteiger partial charge is 0.140 e. The molecule has 1 aromatic rings. The maximum Gasteiger partial charge on any atom is 0.140 e. The third kappa shape index (κ3) is 2.17. The van der Waals surface area contributed by atoms with E-state index in [-0.39, 0.29) is 0 Å². The molecule has 0 amide bonds. The predicted molar refractivity (Wildman–Crippen MR) is 68.7 cm³/mol. The van der Waals surface area contributed by atoms with Crippen LogP contribution in [0.3, 0.4) is 0 Å². The second kappa shape index (κ2) is 4.97. The van der Waals surface area contributed by atoms with Gasteiger partial charge in [-0.05, 0) is 32.7 Å². The van der Waals surface area contributed by atoms with Gasteiger partial charge in [0.2, 0.25) is 0 Å². The summed E-state index contributed by atoms with van der Waals surface area (Å²) in [6, 6.07) is 1.04. The van der Waals surface area contributed by atoms with Crippen molar-refractivity contribution < 1.29 is 4.74 Å². The van der Waals surface area contributed by atoms with Gasteiger partial charge in [0.1, 0.15) is 11.6 Å². The number of aryl methyl sites for hydroxylation is 1. The number of nitrogens with zero attached hydrogens (tertiary/aromatic N) is 3. The van der Waals surface area contributed by atoms with Crippen molar-refractivity contribution in [1.82, 2.24) is 20.1 Å². The highest BCUT2D eigenvalue weighted by Crippen LogP contribution is 2.39. The van der Waals surface area contributed by atoms with Gasteiger partial charge in [0.05, 0.1) is 19.1 Å². The lowest BCUT2D eigenvalue weighted by atomic mass is 10.0. The van der Waals surface area contributed by atoms with Crippen molar-refractivity contribution in [1.29, 1.82) is 0 Å². The standard InChI is InChI=1S/C13H22N4O/c1-3-6-14-12-8-18-7-11(12)13-16-15-9(2)17(13)10-4-5-10/h10-12,14H,3-8H2,1-2H3. The van der Waals surface area contributed by atoms with Gasteiger partial charge in [0, 0.05) is 12.1 Å². The van der Waals surface area contributed by atoms with Crippen LogP contribution in [0, 0.1) is 6.92 Å². The van der Waals surface area contributed by atoms with Gasteiger partial charge in [-0.1, -0.05) is 6.92 Å². The van der Waals surface area contributed by atoms with Gasteiger partial charge in [-0.3, -0.25) is 0 Å². The Bertz CT molecular complexity index is 413. The van der Waals surface area contributed by atoms with Crippen LogP contribution in [-0.4, -0.2) is 40.6 Å². The summed E-state index contributed by atoms with van der Waals surface area (Å²) in [5.74, 6) is 2.54. The summed E-state index contributed by atoms with van der Waals surface area (Å²) in [5, 5.41) is 12.2. The van der Waals surface area contributed by atoms with Crippen LogP contribution in [0.2, 0.25) is 0 Å². The molecule has 0 radical (unpaired) electrons. The van der Waals surface area contributed by atoms with Crippen LogP contribution >= 0.6 is 0 Å². The Morgan fingerprint density at radius 1 is 1.33 bits per heavy atom. The average Bonchev–Trinajstić information content (AvgIpc) is 2.97. The van der Waals surface area contributed by atoms with Crippen LogP contribution in [0.1, 0.15) is 49.8 Å². The van der Waals surface area contributed by atoms with Crippen molar-refractivity contribution in [2.75, 3.05) is 19.8 Å². The number of rotatable bonds is 5.